The van der Waals surface area contributed by atoms with Crippen molar-refractivity contribution in [3.05, 3.63) is 59.2 Å². The quantitative estimate of drug-likeness (QED) is 0.789. The van der Waals surface area contributed by atoms with Gasteiger partial charge in [-0.1, -0.05) is 6.07 Å². The number of hydrogen-bond acceptors (Lipinski definition) is 4. The molecule has 0 bridgehead atoms. The molecule has 0 saturated heterocycles. The number of nitrogens with zero attached hydrogens (tertiary/aromatic N) is 1. The van der Waals surface area contributed by atoms with Crippen LogP contribution in [0.3, 0.4) is 0 Å². The van der Waals surface area contributed by atoms with Crippen molar-refractivity contribution in [2.75, 3.05) is 26.0 Å². The summed E-state index contributed by atoms with van der Waals surface area (Å²) in [5.74, 6) is -0.806. The fourth-order valence-electron chi connectivity index (χ4n) is 2.50. The molecule has 0 saturated carbocycles. The number of sulfonamides is 1. The molecule has 8 heteroatoms. The molecular weight excluding hydrogens is 366 g/mol. The topological polar surface area (TPSA) is 95.6 Å². The summed E-state index contributed by atoms with van der Waals surface area (Å²) in [7, 11) is -0.680. The Morgan fingerprint density at radius 2 is 1.52 bits per heavy atom. The van der Waals surface area contributed by atoms with Gasteiger partial charge in [0.15, 0.2) is 0 Å². The highest BCUT2D eigenvalue weighted by Crippen LogP contribution is 2.15. The number of carbonyl (C=O) groups is 2. The maximum atomic E-state index is 12.2. The first kappa shape index (κ1) is 20.6. The smallest absolute Gasteiger partial charge is 0.251 e. The van der Waals surface area contributed by atoms with Crippen LogP contribution in [0.4, 0.5) is 5.69 Å². The molecule has 0 fully saturated rings. The second-order valence-corrected chi connectivity index (χ2v) is 8.57. The van der Waals surface area contributed by atoms with Crippen molar-refractivity contribution in [2.45, 2.75) is 18.7 Å². The SMILES string of the molecule is Cc1cc(C)cc(NC(=O)CNC(=O)c2ccc(S(=O)(=O)N(C)C)cc2)c1. The Morgan fingerprint density at radius 1 is 0.963 bits per heavy atom. The van der Waals surface area contributed by atoms with Crippen molar-refractivity contribution in [3.63, 3.8) is 0 Å². The van der Waals surface area contributed by atoms with Crippen LogP contribution in [0.25, 0.3) is 0 Å². The lowest BCUT2D eigenvalue weighted by atomic mass is 10.1. The van der Waals surface area contributed by atoms with E-state index in [2.05, 4.69) is 10.6 Å². The van der Waals surface area contributed by atoms with Gasteiger partial charge < -0.3 is 10.6 Å². The highest BCUT2D eigenvalue weighted by atomic mass is 32.2. The fraction of sp³-hybridized carbons (Fsp3) is 0.263. The molecule has 2 aromatic carbocycles. The highest BCUT2D eigenvalue weighted by Gasteiger charge is 2.17. The number of carbonyl (C=O) groups excluding carboxylic acids is 2. The summed E-state index contributed by atoms with van der Waals surface area (Å²) in [5.41, 5.74) is 3.00. The maximum absolute atomic E-state index is 12.2. The molecule has 0 unspecified atom stereocenters. The molecule has 0 spiro atoms. The first-order valence-electron chi connectivity index (χ1n) is 8.28. The lowest BCUT2D eigenvalue weighted by molar-refractivity contribution is -0.115. The molecule has 2 aromatic rings. The molecule has 0 aromatic heterocycles. The van der Waals surface area contributed by atoms with Gasteiger partial charge in [-0.3, -0.25) is 9.59 Å². The van der Waals surface area contributed by atoms with Crippen LogP contribution < -0.4 is 10.6 Å². The van der Waals surface area contributed by atoms with E-state index in [0.717, 1.165) is 15.4 Å². The van der Waals surface area contributed by atoms with Gasteiger partial charge in [0.05, 0.1) is 11.4 Å². The fourth-order valence-corrected chi connectivity index (χ4v) is 3.41. The maximum Gasteiger partial charge on any atom is 0.251 e. The molecule has 7 nitrogen and oxygen atoms in total. The summed E-state index contributed by atoms with van der Waals surface area (Å²) in [6, 6.07) is 11.2. The van der Waals surface area contributed by atoms with Crippen molar-refractivity contribution < 1.29 is 18.0 Å². The minimum Gasteiger partial charge on any atom is -0.343 e. The number of hydrogen-bond donors (Lipinski definition) is 2. The van der Waals surface area contributed by atoms with E-state index in [4.69, 9.17) is 0 Å². The minimum atomic E-state index is -3.55. The molecule has 0 aliphatic carbocycles. The van der Waals surface area contributed by atoms with E-state index in [0.29, 0.717) is 5.69 Å². The van der Waals surface area contributed by atoms with E-state index >= 15 is 0 Å². The van der Waals surface area contributed by atoms with Gasteiger partial charge in [-0.2, -0.15) is 0 Å². The van der Waals surface area contributed by atoms with Crippen LogP contribution >= 0.6 is 0 Å². The van der Waals surface area contributed by atoms with Crippen molar-refractivity contribution in [3.8, 4) is 0 Å². The summed E-state index contributed by atoms with van der Waals surface area (Å²) in [6.45, 7) is 3.68. The van der Waals surface area contributed by atoms with Crippen molar-refractivity contribution in [1.29, 1.82) is 0 Å². The van der Waals surface area contributed by atoms with Gasteiger partial charge >= 0.3 is 0 Å². The van der Waals surface area contributed by atoms with Crippen molar-refractivity contribution in [2.24, 2.45) is 0 Å². The van der Waals surface area contributed by atoms with Gasteiger partial charge in [0, 0.05) is 25.3 Å². The van der Waals surface area contributed by atoms with E-state index in [1.54, 1.807) is 0 Å². The largest absolute Gasteiger partial charge is 0.343 e. The number of aryl methyl sites for hydroxylation is 2. The summed E-state index contributed by atoms with van der Waals surface area (Å²) in [5, 5.41) is 5.25. The zero-order valence-electron chi connectivity index (χ0n) is 15.7. The molecule has 27 heavy (non-hydrogen) atoms. The number of anilines is 1. The minimum absolute atomic E-state index is 0.0941. The summed E-state index contributed by atoms with van der Waals surface area (Å²) in [6.07, 6.45) is 0. The summed E-state index contributed by atoms with van der Waals surface area (Å²) < 4.78 is 25.1. The van der Waals surface area contributed by atoms with Crippen LogP contribution in [0, 0.1) is 13.8 Å². The van der Waals surface area contributed by atoms with Crippen LogP contribution in [-0.4, -0.2) is 45.2 Å². The van der Waals surface area contributed by atoms with E-state index < -0.39 is 15.9 Å². The summed E-state index contributed by atoms with van der Waals surface area (Å²) in [4.78, 5) is 24.3. The Labute approximate surface area is 159 Å². The standard InChI is InChI=1S/C19H23N3O4S/c1-13-9-14(2)11-16(10-13)21-18(23)12-20-19(24)15-5-7-17(8-6-15)27(25,26)22(3)4/h5-11H,12H2,1-4H3,(H,20,24)(H,21,23). The third-order valence-corrected chi connectivity index (χ3v) is 5.64. The molecule has 2 rings (SSSR count). The van der Waals surface area contributed by atoms with Gasteiger partial charge in [0.2, 0.25) is 15.9 Å². The molecule has 0 aliphatic rings. The molecule has 144 valence electrons. The van der Waals surface area contributed by atoms with Crippen LogP contribution in [0.2, 0.25) is 0 Å². The first-order chi connectivity index (χ1) is 12.6. The molecular formula is C19H23N3O4S. The van der Waals surface area contributed by atoms with Crippen LogP contribution in [0.15, 0.2) is 47.4 Å². The molecule has 2 N–H and O–H groups in total. The van der Waals surface area contributed by atoms with E-state index in [1.165, 1.54) is 38.4 Å². The second-order valence-electron chi connectivity index (χ2n) is 6.42. The molecule has 0 heterocycles. The highest BCUT2D eigenvalue weighted by molar-refractivity contribution is 7.89. The van der Waals surface area contributed by atoms with E-state index in [-0.39, 0.29) is 22.9 Å². The third kappa shape index (κ3) is 5.38. The van der Waals surface area contributed by atoms with Gasteiger partial charge in [0.1, 0.15) is 0 Å². The monoisotopic (exact) mass is 389 g/mol. The van der Waals surface area contributed by atoms with Gasteiger partial charge in [-0.15, -0.1) is 0 Å². The Hall–Kier alpha value is -2.71. The van der Waals surface area contributed by atoms with Crippen molar-refractivity contribution >= 4 is 27.5 Å². The lowest BCUT2D eigenvalue weighted by Gasteiger charge is -2.12. The molecule has 0 radical (unpaired) electrons. The molecule has 0 atom stereocenters. The van der Waals surface area contributed by atoms with Gasteiger partial charge in [0.25, 0.3) is 5.91 Å². The average Bonchev–Trinajstić information content (AvgIpc) is 2.58. The summed E-state index contributed by atoms with van der Waals surface area (Å²) >= 11 is 0. The first-order valence-corrected chi connectivity index (χ1v) is 9.72. The zero-order valence-corrected chi connectivity index (χ0v) is 16.6. The van der Waals surface area contributed by atoms with Crippen LogP contribution in [0.5, 0.6) is 0 Å². The second kappa shape index (κ2) is 8.32. The number of amides is 2. The average molecular weight is 389 g/mol. The van der Waals surface area contributed by atoms with E-state index in [1.807, 2.05) is 32.0 Å². The normalized spacial score (nSPS) is 11.3. The zero-order chi connectivity index (χ0) is 20.2. The van der Waals surface area contributed by atoms with Crippen molar-refractivity contribution in [1.82, 2.24) is 9.62 Å². The number of benzene rings is 2. The lowest BCUT2D eigenvalue weighted by Crippen LogP contribution is -2.32. The Balaban J connectivity index is 1.96. The Morgan fingerprint density at radius 3 is 2.04 bits per heavy atom. The van der Waals surface area contributed by atoms with Gasteiger partial charge in [-0.05, 0) is 61.4 Å². The van der Waals surface area contributed by atoms with Crippen LogP contribution in [-0.2, 0) is 14.8 Å². The van der Waals surface area contributed by atoms with Gasteiger partial charge in [-0.25, -0.2) is 12.7 Å². The van der Waals surface area contributed by atoms with E-state index in [9.17, 15) is 18.0 Å². The predicted octanol–water partition coefficient (Wildman–Crippen LogP) is 1.92. The predicted molar refractivity (Wildman–Crippen MR) is 104 cm³/mol. The third-order valence-electron chi connectivity index (χ3n) is 3.81. The van der Waals surface area contributed by atoms with Crippen LogP contribution in [0.1, 0.15) is 21.5 Å². The molecule has 0 aliphatic heterocycles. The Kier molecular flexibility index (Phi) is 6.35. The number of nitrogens with one attached hydrogen (secondary N) is 2. The molecule has 2 amide bonds. The number of rotatable bonds is 6. The Bertz CT molecular complexity index is 931.